The molecule has 3 rings (SSSR count). The molecule has 0 radical (unpaired) electrons. The van der Waals surface area contributed by atoms with Gasteiger partial charge in [-0.25, -0.2) is 9.97 Å². The molecule has 1 aliphatic rings. The van der Waals surface area contributed by atoms with Crippen molar-refractivity contribution in [2.75, 3.05) is 23.8 Å². The van der Waals surface area contributed by atoms with E-state index < -0.39 is 17.6 Å². The fourth-order valence-corrected chi connectivity index (χ4v) is 2.52. The number of rotatable bonds is 5. The Balaban J connectivity index is 1.61. The van der Waals surface area contributed by atoms with Crippen molar-refractivity contribution in [2.45, 2.75) is 25.1 Å². The molecule has 6 nitrogen and oxygen atoms in total. The highest BCUT2D eigenvalue weighted by atomic mass is 19.4. The van der Waals surface area contributed by atoms with Gasteiger partial charge >= 0.3 is 6.18 Å². The van der Waals surface area contributed by atoms with Crippen molar-refractivity contribution >= 4 is 17.5 Å². The zero-order valence-corrected chi connectivity index (χ0v) is 13.7. The second-order valence-electron chi connectivity index (χ2n) is 5.81. The van der Waals surface area contributed by atoms with Crippen molar-refractivity contribution in [2.24, 2.45) is 0 Å². The molecule has 0 aliphatic carbocycles. The van der Waals surface area contributed by atoms with Crippen molar-refractivity contribution < 1.29 is 22.7 Å². The summed E-state index contributed by atoms with van der Waals surface area (Å²) in [7, 11) is 0. The maximum Gasteiger partial charge on any atom is 0.416 e. The monoisotopic (exact) mass is 366 g/mol. The third-order valence-electron chi connectivity index (χ3n) is 3.87. The summed E-state index contributed by atoms with van der Waals surface area (Å²) in [4.78, 5) is 20.4. The Kier molecular flexibility index (Phi) is 5.36. The molecule has 1 aromatic heterocycles. The van der Waals surface area contributed by atoms with Crippen LogP contribution in [-0.4, -0.2) is 35.1 Å². The summed E-state index contributed by atoms with van der Waals surface area (Å²) in [5.41, 5.74) is -0.427. The molecule has 1 fully saturated rings. The Bertz CT molecular complexity index is 759. The molecule has 1 aliphatic heterocycles. The third kappa shape index (κ3) is 4.69. The van der Waals surface area contributed by atoms with Gasteiger partial charge in [0.2, 0.25) is 5.95 Å². The van der Waals surface area contributed by atoms with Crippen LogP contribution < -0.4 is 10.6 Å². The molecule has 9 heteroatoms. The first-order valence-electron chi connectivity index (χ1n) is 8.09. The highest BCUT2D eigenvalue weighted by molar-refractivity contribution is 6.02. The van der Waals surface area contributed by atoms with E-state index in [1.807, 2.05) is 0 Å². The Morgan fingerprint density at radius 2 is 2.00 bits per heavy atom. The number of nitrogens with zero attached hydrogens (tertiary/aromatic N) is 2. The predicted molar refractivity (Wildman–Crippen MR) is 88.9 cm³/mol. The number of ether oxygens (including phenoxy) is 1. The zero-order chi connectivity index (χ0) is 18.6. The van der Waals surface area contributed by atoms with Gasteiger partial charge in [-0.2, -0.15) is 13.2 Å². The van der Waals surface area contributed by atoms with Crippen LogP contribution >= 0.6 is 0 Å². The van der Waals surface area contributed by atoms with E-state index >= 15 is 0 Å². The number of nitrogens with one attached hydrogen (secondary N) is 2. The van der Waals surface area contributed by atoms with Crippen LogP contribution in [-0.2, 0) is 10.9 Å². The molecule has 1 amide bonds. The van der Waals surface area contributed by atoms with Gasteiger partial charge in [-0.05, 0) is 43.2 Å². The molecule has 1 saturated heterocycles. The Hall–Kier alpha value is -2.68. The second-order valence-corrected chi connectivity index (χ2v) is 5.81. The van der Waals surface area contributed by atoms with E-state index in [1.54, 1.807) is 0 Å². The molecule has 1 aromatic carbocycles. The Morgan fingerprint density at radius 3 is 2.65 bits per heavy atom. The molecule has 2 N–H and O–H groups in total. The van der Waals surface area contributed by atoms with Crippen LogP contribution in [0, 0.1) is 0 Å². The number of aromatic nitrogens is 2. The summed E-state index contributed by atoms with van der Waals surface area (Å²) >= 11 is 0. The number of hydrogen-bond acceptors (Lipinski definition) is 5. The molecule has 0 bridgehead atoms. The standard InChI is InChI=1S/C17H17F3N4O2/c18-17(19,20)11-3-5-12(6-4-11)23-15(25)14-7-8-21-16(24-14)22-10-13-2-1-9-26-13/h3-8,13H,1-2,9-10H2,(H,23,25)(H,21,22,24). The quantitative estimate of drug-likeness (QED) is 0.849. The molecule has 0 spiro atoms. The van der Waals surface area contributed by atoms with Gasteiger partial charge in [-0.15, -0.1) is 0 Å². The predicted octanol–water partition coefficient (Wildman–Crippen LogP) is 3.34. The lowest BCUT2D eigenvalue weighted by Gasteiger charge is -2.11. The molecule has 26 heavy (non-hydrogen) atoms. The summed E-state index contributed by atoms with van der Waals surface area (Å²) < 4.78 is 43.2. The maximum absolute atomic E-state index is 12.6. The van der Waals surface area contributed by atoms with Crippen molar-refractivity contribution in [1.82, 2.24) is 9.97 Å². The topological polar surface area (TPSA) is 76.1 Å². The van der Waals surface area contributed by atoms with Gasteiger partial charge in [-0.1, -0.05) is 0 Å². The minimum atomic E-state index is -4.42. The zero-order valence-electron chi connectivity index (χ0n) is 13.7. The van der Waals surface area contributed by atoms with Crippen molar-refractivity contribution in [3.63, 3.8) is 0 Å². The van der Waals surface area contributed by atoms with Crippen LogP contribution in [0.3, 0.4) is 0 Å². The Morgan fingerprint density at radius 1 is 1.23 bits per heavy atom. The smallest absolute Gasteiger partial charge is 0.376 e. The van der Waals surface area contributed by atoms with Gasteiger partial charge < -0.3 is 15.4 Å². The van der Waals surface area contributed by atoms with E-state index in [0.717, 1.165) is 31.6 Å². The average Bonchev–Trinajstić information content (AvgIpc) is 3.13. The molecule has 2 aromatic rings. The van der Waals surface area contributed by atoms with E-state index in [4.69, 9.17) is 4.74 Å². The average molecular weight is 366 g/mol. The van der Waals surface area contributed by atoms with Crippen LogP contribution in [0.1, 0.15) is 28.9 Å². The van der Waals surface area contributed by atoms with Gasteiger partial charge in [-0.3, -0.25) is 4.79 Å². The molecule has 0 saturated carbocycles. The lowest BCUT2D eigenvalue weighted by molar-refractivity contribution is -0.137. The minimum absolute atomic E-state index is 0.100. The first-order chi connectivity index (χ1) is 12.4. The van der Waals surface area contributed by atoms with Crippen LogP contribution in [0.2, 0.25) is 0 Å². The first kappa shape index (κ1) is 18.1. The van der Waals surface area contributed by atoms with E-state index in [-0.39, 0.29) is 17.5 Å². The fraction of sp³-hybridized carbons (Fsp3) is 0.353. The third-order valence-corrected chi connectivity index (χ3v) is 3.87. The number of carbonyl (C=O) groups is 1. The molecule has 138 valence electrons. The molecular formula is C17H17F3N4O2. The summed E-state index contributed by atoms with van der Waals surface area (Å²) in [5.74, 6) is -0.243. The highest BCUT2D eigenvalue weighted by Gasteiger charge is 2.30. The number of halogens is 3. The molecule has 2 heterocycles. The van der Waals surface area contributed by atoms with Crippen LogP contribution in [0.5, 0.6) is 0 Å². The molecule has 1 atom stereocenters. The van der Waals surface area contributed by atoms with Gasteiger partial charge in [0.1, 0.15) is 5.69 Å². The van der Waals surface area contributed by atoms with Crippen molar-refractivity contribution in [3.05, 3.63) is 47.8 Å². The van der Waals surface area contributed by atoms with Crippen molar-refractivity contribution in [3.8, 4) is 0 Å². The SMILES string of the molecule is O=C(Nc1ccc(C(F)(F)F)cc1)c1ccnc(NCC2CCCO2)n1. The first-order valence-corrected chi connectivity index (χ1v) is 8.09. The van der Waals surface area contributed by atoms with Gasteiger partial charge in [0.25, 0.3) is 5.91 Å². The fourth-order valence-electron chi connectivity index (χ4n) is 2.52. The summed E-state index contributed by atoms with van der Waals surface area (Å²) in [6.07, 6.45) is -0.905. The summed E-state index contributed by atoms with van der Waals surface area (Å²) in [6.45, 7) is 1.28. The van der Waals surface area contributed by atoms with Gasteiger partial charge in [0, 0.05) is 25.0 Å². The number of anilines is 2. The van der Waals surface area contributed by atoms with Crippen LogP contribution in [0.15, 0.2) is 36.5 Å². The van der Waals surface area contributed by atoms with E-state index in [9.17, 15) is 18.0 Å². The van der Waals surface area contributed by atoms with E-state index in [0.29, 0.717) is 12.5 Å². The normalized spacial score (nSPS) is 17.1. The number of alkyl halides is 3. The van der Waals surface area contributed by atoms with E-state index in [2.05, 4.69) is 20.6 Å². The molecule has 1 unspecified atom stereocenters. The lowest BCUT2D eigenvalue weighted by Crippen LogP contribution is -2.21. The Labute approximate surface area is 147 Å². The number of amides is 1. The van der Waals surface area contributed by atoms with Crippen molar-refractivity contribution in [1.29, 1.82) is 0 Å². The number of benzene rings is 1. The number of hydrogen-bond donors (Lipinski definition) is 2. The summed E-state index contributed by atoms with van der Waals surface area (Å²) in [6, 6.07) is 5.63. The summed E-state index contributed by atoms with van der Waals surface area (Å²) in [5, 5.41) is 5.53. The largest absolute Gasteiger partial charge is 0.416 e. The van der Waals surface area contributed by atoms with Crippen LogP contribution in [0.4, 0.5) is 24.8 Å². The maximum atomic E-state index is 12.6. The number of carbonyl (C=O) groups excluding carboxylic acids is 1. The van der Waals surface area contributed by atoms with E-state index in [1.165, 1.54) is 24.4 Å². The van der Waals surface area contributed by atoms with Gasteiger partial charge in [0.05, 0.1) is 11.7 Å². The lowest BCUT2D eigenvalue weighted by atomic mass is 10.2. The van der Waals surface area contributed by atoms with Gasteiger partial charge in [0.15, 0.2) is 0 Å². The second kappa shape index (κ2) is 7.69. The highest BCUT2D eigenvalue weighted by Crippen LogP contribution is 2.29. The van der Waals surface area contributed by atoms with Crippen LogP contribution in [0.25, 0.3) is 0 Å². The minimum Gasteiger partial charge on any atom is -0.376 e. The molecular weight excluding hydrogens is 349 g/mol.